The number of carbonyl (C=O) groups is 2. The molecule has 0 spiro atoms. The van der Waals surface area contributed by atoms with Crippen LogP contribution in [0.15, 0.2) is 24.3 Å². The lowest BCUT2D eigenvalue weighted by molar-refractivity contribution is -0.116. The minimum absolute atomic E-state index is 0.00646. The first-order valence-corrected chi connectivity index (χ1v) is 8.65. The summed E-state index contributed by atoms with van der Waals surface area (Å²) in [6.45, 7) is 2.67. The van der Waals surface area contributed by atoms with Gasteiger partial charge in [0.05, 0.1) is 0 Å². The Hall–Kier alpha value is -1.88. The molecule has 1 atom stereocenters. The second-order valence-corrected chi connectivity index (χ2v) is 6.48. The van der Waals surface area contributed by atoms with Crippen molar-refractivity contribution in [2.24, 2.45) is 0 Å². The predicted molar refractivity (Wildman–Crippen MR) is 90.5 cm³/mol. The van der Waals surface area contributed by atoms with Crippen molar-refractivity contribution in [3.63, 3.8) is 0 Å². The molecule has 5 nitrogen and oxygen atoms in total. The van der Waals surface area contributed by atoms with Crippen LogP contribution in [-0.4, -0.2) is 42.4 Å². The Labute approximate surface area is 137 Å². The van der Waals surface area contributed by atoms with Gasteiger partial charge < -0.3 is 15.5 Å². The number of nitrogens with zero attached hydrogens (tertiary/aromatic N) is 1. The zero-order chi connectivity index (χ0) is 16.1. The number of rotatable bonds is 4. The average molecular weight is 315 g/mol. The number of hydrogen-bond donors (Lipinski definition) is 2. The molecule has 1 unspecified atom stereocenters. The zero-order valence-corrected chi connectivity index (χ0v) is 13.5. The van der Waals surface area contributed by atoms with Crippen LogP contribution in [0.25, 0.3) is 0 Å². The van der Waals surface area contributed by atoms with E-state index >= 15 is 0 Å². The molecule has 2 saturated heterocycles. The van der Waals surface area contributed by atoms with E-state index in [1.807, 2.05) is 23.1 Å². The van der Waals surface area contributed by atoms with Gasteiger partial charge in [-0.2, -0.15) is 0 Å². The van der Waals surface area contributed by atoms with E-state index in [9.17, 15) is 9.59 Å². The van der Waals surface area contributed by atoms with Gasteiger partial charge in [0.25, 0.3) is 5.91 Å². The standard InChI is InChI=1S/C18H25N3O2/c22-17(13-15-8-5-9-19-15)20-16-7-4-6-14(12-16)18(23)21-10-2-1-3-11-21/h4,6-7,12,15,19H,1-3,5,8-11,13H2,(H,20,22). The fraction of sp³-hybridized carbons (Fsp3) is 0.556. The maximum Gasteiger partial charge on any atom is 0.253 e. The third kappa shape index (κ3) is 4.32. The van der Waals surface area contributed by atoms with Crippen LogP contribution in [0.2, 0.25) is 0 Å². The molecule has 1 aromatic rings. The molecule has 2 N–H and O–H groups in total. The number of hydrogen-bond acceptors (Lipinski definition) is 3. The normalized spacial score (nSPS) is 21.2. The van der Waals surface area contributed by atoms with E-state index in [1.165, 1.54) is 6.42 Å². The van der Waals surface area contributed by atoms with Crippen molar-refractivity contribution in [2.75, 3.05) is 25.0 Å². The van der Waals surface area contributed by atoms with Crippen LogP contribution in [0.1, 0.15) is 48.9 Å². The molecule has 2 heterocycles. The Bertz CT molecular complexity index is 561. The van der Waals surface area contributed by atoms with Gasteiger partial charge in [-0.25, -0.2) is 0 Å². The summed E-state index contributed by atoms with van der Waals surface area (Å²) in [6.07, 6.45) is 6.05. The molecule has 0 bridgehead atoms. The second-order valence-electron chi connectivity index (χ2n) is 6.48. The molecule has 23 heavy (non-hydrogen) atoms. The molecule has 0 aliphatic carbocycles. The minimum Gasteiger partial charge on any atom is -0.339 e. The summed E-state index contributed by atoms with van der Waals surface area (Å²) < 4.78 is 0. The van der Waals surface area contributed by atoms with Crippen molar-refractivity contribution in [2.45, 2.75) is 44.6 Å². The molecule has 124 valence electrons. The lowest BCUT2D eigenvalue weighted by Crippen LogP contribution is -2.35. The maximum atomic E-state index is 12.5. The third-order valence-corrected chi connectivity index (χ3v) is 4.63. The first-order valence-electron chi connectivity index (χ1n) is 8.65. The van der Waals surface area contributed by atoms with E-state index in [0.29, 0.717) is 17.7 Å². The van der Waals surface area contributed by atoms with E-state index < -0.39 is 0 Å². The predicted octanol–water partition coefficient (Wildman–Crippen LogP) is 2.39. The van der Waals surface area contributed by atoms with Crippen LogP contribution < -0.4 is 10.6 Å². The van der Waals surface area contributed by atoms with E-state index in [2.05, 4.69) is 10.6 Å². The van der Waals surface area contributed by atoms with Crippen molar-refractivity contribution < 1.29 is 9.59 Å². The minimum atomic E-state index is 0.00646. The van der Waals surface area contributed by atoms with Crippen LogP contribution in [0, 0.1) is 0 Å². The molecule has 0 saturated carbocycles. The number of nitrogens with one attached hydrogen (secondary N) is 2. The Kier molecular flexibility index (Phi) is 5.28. The van der Waals surface area contributed by atoms with Crippen LogP contribution in [0.3, 0.4) is 0 Å². The van der Waals surface area contributed by atoms with Crippen molar-refractivity contribution in [3.05, 3.63) is 29.8 Å². The van der Waals surface area contributed by atoms with Gasteiger partial charge in [-0.15, -0.1) is 0 Å². The fourth-order valence-corrected chi connectivity index (χ4v) is 3.38. The Morgan fingerprint density at radius 2 is 2.00 bits per heavy atom. The molecule has 2 fully saturated rings. The van der Waals surface area contributed by atoms with Crippen molar-refractivity contribution >= 4 is 17.5 Å². The molecule has 1 aromatic carbocycles. The molecule has 3 rings (SSSR count). The van der Waals surface area contributed by atoms with Gasteiger partial charge >= 0.3 is 0 Å². The smallest absolute Gasteiger partial charge is 0.253 e. The van der Waals surface area contributed by atoms with Gasteiger partial charge in [-0.1, -0.05) is 6.07 Å². The van der Waals surface area contributed by atoms with Crippen LogP contribution in [0.5, 0.6) is 0 Å². The number of anilines is 1. The molecule has 0 aromatic heterocycles. The highest BCUT2D eigenvalue weighted by atomic mass is 16.2. The highest BCUT2D eigenvalue weighted by molar-refractivity contribution is 5.97. The van der Waals surface area contributed by atoms with Gasteiger partial charge in [0.1, 0.15) is 0 Å². The highest BCUT2D eigenvalue weighted by Gasteiger charge is 2.20. The van der Waals surface area contributed by atoms with Crippen molar-refractivity contribution in [1.82, 2.24) is 10.2 Å². The molecule has 2 aliphatic rings. The van der Waals surface area contributed by atoms with Gasteiger partial charge in [0.15, 0.2) is 0 Å². The summed E-state index contributed by atoms with van der Waals surface area (Å²) >= 11 is 0. The Balaban J connectivity index is 1.60. The van der Waals surface area contributed by atoms with Crippen molar-refractivity contribution in [1.29, 1.82) is 0 Å². The molecule has 2 amide bonds. The summed E-state index contributed by atoms with van der Waals surface area (Å²) in [5.41, 5.74) is 1.36. The van der Waals surface area contributed by atoms with Crippen LogP contribution >= 0.6 is 0 Å². The number of likely N-dealkylation sites (tertiary alicyclic amines) is 1. The first-order chi connectivity index (χ1) is 11.2. The monoisotopic (exact) mass is 315 g/mol. The number of piperidine rings is 1. The summed E-state index contributed by atoms with van der Waals surface area (Å²) in [7, 11) is 0. The number of benzene rings is 1. The van der Waals surface area contributed by atoms with E-state index in [4.69, 9.17) is 0 Å². The lowest BCUT2D eigenvalue weighted by Gasteiger charge is -2.26. The first kappa shape index (κ1) is 16.0. The second kappa shape index (κ2) is 7.59. The van der Waals surface area contributed by atoms with E-state index in [-0.39, 0.29) is 17.9 Å². The quantitative estimate of drug-likeness (QED) is 0.897. The largest absolute Gasteiger partial charge is 0.339 e. The lowest BCUT2D eigenvalue weighted by atomic mass is 10.1. The highest BCUT2D eigenvalue weighted by Crippen LogP contribution is 2.17. The topological polar surface area (TPSA) is 61.4 Å². The maximum absolute atomic E-state index is 12.5. The summed E-state index contributed by atoms with van der Waals surface area (Å²) in [5, 5.41) is 6.24. The Morgan fingerprint density at radius 3 is 2.74 bits per heavy atom. The summed E-state index contributed by atoms with van der Waals surface area (Å²) in [4.78, 5) is 26.5. The van der Waals surface area contributed by atoms with Crippen LogP contribution in [0.4, 0.5) is 5.69 Å². The van der Waals surface area contributed by atoms with Crippen molar-refractivity contribution in [3.8, 4) is 0 Å². The SMILES string of the molecule is O=C(CC1CCCN1)Nc1cccc(C(=O)N2CCCCC2)c1. The Morgan fingerprint density at radius 1 is 1.17 bits per heavy atom. The molecule has 5 heteroatoms. The van der Waals surface area contributed by atoms with Gasteiger partial charge in [-0.05, 0) is 56.8 Å². The van der Waals surface area contributed by atoms with E-state index in [1.54, 1.807) is 6.07 Å². The fourth-order valence-electron chi connectivity index (χ4n) is 3.38. The summed E-state index contributed by atoms with van der Waals surface area (Å²) in [5.74, 6) is 0.0743. The number of carbonyl (C=O) groups excluding carboxylic acids is 2. The average Bonchev–Trinajstić information content (AvgIpc) is 3.08. The van der Waals surface area contributed by atoms with Gasteiger partial charge in [0.2, 0.25) is 5.91 Å². The van der Waals surface area contributed by atoms with Gasteiger partial charge in [0, 0.05) is 36.8 Å². The van der Waals surface area contributed by atoms with E-state index in [0.717, 1.165) is 45.3 Å². The zero-order valence-electron chi connectivity index (χ0n) is 13.5. The summed E-state index contributed by atoms with van der Waals surface area (Å²) in [6, 6.07) is 7.57. The molecular formula is C18H25N3O2. The number of amides is 2. The molecule has 2 aliphatic heterocycles. The third-order valence-electron chi connectivity index (χ3n) is 4.63. The molecular weight excluding hydrogens is 290 g/mol. The van der Waals surface area contributed by atoms with Crippen LogP contribution in [-0.2, 0) is 4.79 Å². The van der Waals surface area contributed by atoms with Gasteiger partial charge in [-0.3, -0.25) is 9.59 Å². The molecule has 0 radical (unpaired) electrons.